The van der Waals surface area contributed by atoms with Crippen molar-refractivity contribution in [1.29, 1.82) is 0 Å². The zero-order chi connectivity index (χ0) is 19.9. The number of sulfonamides is 1. The van der Waals surface area contributed by atoms with Crippen molar-refractivity contribution in [3.8, 4) is 5.75 Å². The molecule has 0 amide bonds. The van der Waals surface area contributed by atoms with Crippen molar-refractivity contribution < 1.29 is 18.1 Å². The van der Waals surface area contributed by atoms with Gasteiger partial charge in [0.25, 0.3) is 10.0 Å². The lowest BCUT2D eigenvalue weighted by atomic mass is 10.3. The fourth-order valence-electron chi connectivity index (χ4n) is 2.27. The van der Waals surface area contributed by atoms with Gasteiger partial charge in [0.05, 0.1) is 44.9 Å². The number of anilines is 2. The molecule has 0 bridgehead atoms. The quantitative estimate of drug-likeness (QED) is 0.486. The third-order valence-electron chi connectivity index (χ3n) is 3.66. The minimum absolute atomic E-state index is 0.124. The summed E-state index contributed by atoms with van der Waals surface area (Å²) < 4.78 is 33.2. The Labute approximate surface area is 165 Å². The molecule has 0 spiro atoms. The number of rotatable bonds is 8. The maximum Gasteiger partial charge on any atom is 0.262 e. The second-order valence-electron chi connectivity index (χ2n) is 6.17. The van der Waals surface area contributed by atoms with Gasteiger partial charge < -0.3 is 20.3 Å². The van der Waals surface area contributed by atoms with E-state index in [9.17, 15) is 8.42 Å². The molecular weight excluding hydrogens is 384 g/mol. The molecule has 0 atom stereocenters. The van der Waals surface area contributed by atoms with Crippen LogP contribution < -0.4 is 25.0 Å². The predicted molar refractivity (Wildman–Crippen MR) is 112 cm³/mol. The lowest BCUT2D eigenvalue weighted by molar-refractivity contribution is -0.856. The fourth-order valence-corrected chi connectivity index (χ4v) is 3.61. The molecule has 0 fully saturated rings. The van der Waals surface area contributed by atoms with E-state index in [1.54, 1.807) is 36.4 Å². The molecule has 0 heterocycles. The summed E-state index contributed by atoms with van der Waals surface area (Å²) in [6.07, 6.45) is 0. The Bertz CT molecular complexity index is 886. The van der Waals surface area contributed by atoms with Gasteiger partial charge in [-0.1, -0.05) is 18.2 Å². The number of hydrogen-bond acceptors (Lipinski definition) is 4. The van der Waals surface area contributed by atoms with Crippen LogP contribution in [0.2, 0.25) is 0 Å². The number of benzene rings is 2. The van der Waals surface area contributed by atoms with Gasteiger partial charge in [-0.05, 0) is 42.5 Å². The van der Waals surface area contributed by atoms with Crippen molar-refractivity contribution in [3.05, 3.63) is 48.5 Å². The third kappa shape index (κ3) is 6.38. The van der Waals surface area contributed by atoms with Gasteiger partial charge in [-0.25, -0.2) is 8.42 Å². The maximum absolute atomic E-state index is 12.7. The van der Waals surface area contributed by atoms with Gasteiger partial charge in [0.2, 0.25) is 0 Å². The number of hydrogen-bond donors (Lipinski definition) is 4. The van der Waals surface area contributed by atoms with Crippen LogP contribution in [0.15, 0.2) is 53.4 Å². The normalized spacial score (nSPS) is 11.1. The highest BCUT2D eigenvalue weighted by molar-refractivity contribution is 7.92. The van der Waals surface area contributed by atoms with E-state index in [0.717, 1.165) is 13.1 Å². The number of ether oxygens (including phenoxy) is 1. The van der Waals surface area contributed by atoms with Crippen LogP contribution in [-0.4, -0.2) is 47.8 Å². The molecular formula is C18H25N4O3S2+. The van der Waals surface area contributed by atoms with Crippen molar-refractivity contribution in [1.82, 2.24) is 5.32 Å². The third-order valence-corrected chi connectivity index (χ3v) is 5.27. The highest BCUT2D eigenvalue weighted by Crippen LogP contribution is 2.26. The lowest BCUT2D eigenvalue weighted by Crippen LogP contribution is -3.06. The second kappa shape index (κ2) is 9.54. The molecule has 7 nitrogen and oxygen atoms in total. The van der Waals surface area contributed by atoms with Gasteiger partial charge in [0, 0.05) is 5.69 Å². The summed E-state index contributed by atoms with van der Waals surface area (Å²) in [6, 6.07) is 13.3. The highest BCUT2D eigenvalue weighted by Gasteiger charge is 2.17. The molecule has 2 rings (SSSR count). The minimum Gasteiger partial charge on any atom is -0.495 e. The fraction of sp³-hybridized carbons (Fsp3) is 0.278. The number of quaternary nitrogens is 1. The highest BCUT2D eigenvalue weighted by atomic mass is 32.2. The van der Waals surface area contributed by atoms with Gasteiger partial charge >= 0.3 is 0 Å². The van der Waals surface area contributed by atoms with Gasteiger partial charge in [0.1, 0.15) is 5.75 Å². The molecule has 2 aromatic carbocycles. The second-order valence-corrected chi connectivity index (χ2v) is 8.26. The maximum atomic E-state index is 12.7. The zero-order valence-corrected chi connectivity index (χ0v) is 17.2. The number of methoxy groups -OCH3 is 1. The summed E-state index contributed by atoms with van der Waals surface area (Å²) in [4.78, 5) is 1.43. The molecule has 0 radical (unpaired) electrons. The van der Waals surface area contributed by atoms with Crippen LogP contribution in [0, 0.1) is 0 Å². The SMILES string of the molecule is COc1ccccc1NS(=O)(=O)c1cccc(NC(=S)NCC[NH+](C)C)c1. The Morgan fingerprint density at radius 2 is 1.89 bits per heavy atom. The summed E-state index contributed by atoms with van der Waals surface area (Å²) in [5.74, 6) is 0.448. The monoisotopic (exact) mass is 409 g/mol. The van der Waals surface area contributed by atoms with Crippen LogP contribution in [0.4, 0.5) is 11.4 Å². The Balaban J connectivity index is 2.10. The first-order chi connectivity index (χ1) is 12.8. The molecule has 0 aliphatic carbocycles. The van der Waals surface area contributed by atoms with Crippen molar-refractivity contribution in [3.63, 3.8) is 0 Å². The van der Waals surface area contributed by atoms with Crippen molar-refractivity contribution in [2.75, 3.05) is 44.3 Å². The Morgan fingerprint density at radius 1 is 1.15 bits per heavy atom. The molecule has 0 saturated carbocycles. The predicted octanol–water partition coefficient (Wildman–Crippen LogP) is 0.927. The average Bonchev–Trinajstić information content (AvgIpc) is 2.62. The molecule has 9 heteroatoms. The molecule has 2 aromatic rings. The summed E-state index contributed by atoms with van der Waals surface area (Å²) in [5.41, 5.74) is 0.967. The van der Waals surface area contributed by atoms with Crippen LogP contribution in [0.3, 0.4) is 0 Å². The largest absolute Gasteiger partial charge is 0.495 e. The van der Waals surface area contributed by atoms with E-state index in [1.165, 1.54) is 24.1 Å². The molecule has 0 saturated heterocycles. The van der Waals surface area contributed by atoms with Gasteiger partial charge in [-0.2, -0.15) is 0 Å². The van der Waals surface area contributed by atoms with Crippen molar-refractivity contribution in [2.45, 2.75) is 4.90 Å². The summed E-state index contributed by atoms with van der Waals surface area (Å²) in [7, 11) is 1.83. The molecule has 27 heavy (non-hydrogen) atoms. The van der Waals surface area contributed by atoms with Crippen LogP contribution >= 0.6 is 12.2 Å². The van der Waals surface area contributed by atoms with E-state index < -0.39 is 10.0 Å². The average molecular weight is 410 g/mol. The Morgan fingerprint density at radius 3 is 2.59 bits per heavy atom. The van der Waals surface area contributed by atoms with Crippen LogP contribution in [0.25, 0.3) is 0 Å². The smallest absolute Gasteiger partial charge is 0.262 e. The van der Waals surface area contributed by atoms with Crippen molar-refractivity contribution >= 4 is 38.7 Å². The van der Waals surface area contributed by atoms with E-state index in [1.807, 2.05) is 0 Å². The van der Waals surface area contributed by atoms with E-state index in [2.05, 4.69) is 29.5 Å². The topological polar surface area (TPSA) is 83.9 Å². The summed E-state index contributed by atoms with van der Waals surface area (Å²) >= 11 is 5.25. The minimum atomic E-state index is -3.77. The molecule has 0 aliphatic rings. The van der Waals surface area contributed by atoms with Crippen LogP contribution in [0.1, 0.15) is 0 Å². The Hall–Kier alpha value is -2.36. The molecule has 0 aromatic heterocycles. The van der Waals surface area contributed by atoms with Crippen LogP contribution in [-0.2, 0) is 10.0 Å². The molecule has 0 unspecified atom stereocenters. The zero-order valence-electron chi connectivity index (χ0n) is 15.6. The molecule has 0 aliphatic heterocycles. The summed E-state index contributed by atoms with van der Waals surface area (Å²) in [5, 5.41) is 6.55. The number of likely N-dealkylation sites (N-methyl/N-ethyl adjacent to an activating group) is 1. The summed E-state index contributed by atoms with van der Waals surface area (Å²) in [6.45, 7) is 1.64. The number of para-hydroxylation sites is 2. The van der Waals surface area contributed by atoms with Gasteiger partial charge in [-0.3, -0.25) is 4.72 Å². The first-order valence-corrected chi connectivity index (χ1v) is 10.3. The number of thiocarbonyl (C=S) groups is 1. The Kier molecular flexibility index (Phi) is 7.40. The number of nitrogens with one attached hydrogen (secondary N) is 4. The molecule has 4 N–H and O–H groups in total. The molecule has 146 valence electrons. The van der Waals surface area contributed by atoms with E-state index in [-0.39, 0.29) is 4.90 Å². The van der Waals surface area contributed by atoms with E-state index >= 15 is 0 Å². The van der Waals surface area contributed by atoms with Crippen molar-refractivity contribution in [2.24, 2.45) is 0 Å². The van der Waals surface area contributed by atoms with E-state index in [0.29, 0.717) is 22.2 Å². The van der Waals surface area contributed by atoms with E-state index in [4.69, 9.17) is 17.0 Å². The lowest BCUT2D eigenvalue weighted by Gasteiger charge is -2.14. The van der Waals surface area contributed by atoms with Crippen LogP contribution in [0.5, 0.6) is 5.75 Å². The van der Waals surface area contributed by atoms with Gasteiger partial charge in [0.15, 0.2) is 5.11 Å². The first-order valence-electron chi connectivity index (χ1n) is 8.41. The van der Waals surface area contributed by atoms with Gasteiger partial charge in [-0.15, -0.1) is 0 Å². The standard InChI is InChI=1S/C18H24N4O3S2/c1-22(2)12-11-19-18(26)20-14-7-6-8-15(13-14)27(23,24)21-16-9-4-5-10-17(16)25-3/h4-10,13,21H,11-12H2,1-3H3,(H2,19,20,26)/p+1. The first kappa shape index (κ1) is 20.9.